The molecule has 6 heteroatoms. The van der Waals surface area contributed by atoms with Crippen LogP contribution in [0.5, 0.6) is 0 Å². The third-order valence-electron chi connectivity index (χ3n) is 4.10. The Morgan fingerprint density at radius 1 is 1.29 bits per heavy atom. The molecule has 0 bridgehead atoms. The summed E-state index contributed by atoms with van der Waals surface area (Å²) in [4.78, 5) is 5.93. The van der Waals surface area contributed by atoms with Gasteiger partial charge in [0, 0.05) is 23.4 Å². The highest BCUT2D eigenvalue weighted by molar-refractivity contribution is 7.10. The van der Waals surface area contributed by atoms with Crippen molar-refractivity contribution in [2.75, 3.05) is 6.54 Å². The molecule has 2 heterocycles. The summed E-state index contributed by atoms with van der Waals surface area (Å²) in [5.74, 6) is 2.08. The quantitative estimate of drug-likeness (QED) is 0.554. The van der Waals surface area contributed by atoms with E-state index in [9.17, 15) is 0 Å². The van der Waals surface area contributed by atoms with E-state index in [0.717, 1.165) is 43.3 Å². The zero-order chi connectivity index (χ0) is 17.4. The van der Waals surface area contributed by atoms with Gasteiger partial charge < -0.3 is 15.2 Å². The number of aromatic nitrogens is 1. The smallest absolute Gasteiger partial charge is 0.191 e. The number of thiophene rings is 1. The Morgan fingerprint density at radius 3 is 2.71 bits per heavy atom. The summed E-state index contributed by atoms with van der Waals surface area (Å²) in [6.07, 6.45) is 2.16. The van der Waals surface area contributed by atoms with Gasteiger partial charge in [-0.15, -0.1) is 11.3 Å². The maximum atomic E-state index is 5.44. The number of hydrogen-bond donors (Lipinski definition) is 2. The molecule has 0 saturated carbocycles. The minimum absolute atomic E-state index is 0.472. The molecule has 132 valence electrons. The van der Waals surface area contributed by atoms with E-state index in [0.29, 0.717) is 12.5 Å². The van der Waals surface area contributed by atoms with Crippen LogP contribution in [-0.4, -0.2) is 17.7 Å². The molecule has 0 aliphatic carbocycles. The van der Waals surface area contributed by atoms with Crippen molar-refractivity contribution < 1.29 is 4.52 Å². The Bertz CT molecular complexity index is 643. The Morgan fingerprint density at radius 2 is 2.08 bits per heavy atom. The molecular formula is C18H28N4OS. The van der Waals surface area contributed by atoms with E-state index in [2.05, 4.69) is 59.9 Å². The van der Waals surface area contributed by atoms with Gasteiger partial charge in [0.2, 0.25) is 0 Å². The maximum absolute atomic E-state index is 5.44. The van der Waals surface area contributed by atoms with E-state index in [1.807, 2.05) is 6.07 Å². The van der Waals surface area contributed by atoms with Gasteiger partial charge in [-0.3, -0.25) is 0 Å². The SMILES string of the molecule is CCNC(=NCc1cc(C(CC)CC)no1)NCc1sccc1C. The normalized spacial score (nSPS) is 12.0. The summed E-state index contributed by atoms with van der Waals surface area (Å²) >= 11 is 1.76. The lowest BCUT2D eigenvalue weighted by molar-refractivity contribution is 0.372. The molecule has 24 heavy (non-hydrogen) atoms. The van der Waals surface area contributed by atoms with Crippen LogP contribution in [0.25, 0.3) is 0 Å². The van der Waals surface area contributed by atoms with Crippen molar-refractivity contribution in [2.24, 2.45) is 4.99 Å². The van der Waals surface area contributed by atoms with Gasteiger partial charge in [0.25, 0.3) is 0 Å². The van der Waals surface area contributed by atoms with Crippen LogP contribution in [0.15, 0.2) is 27.0 Å². The Kier molecular flexibility index (Phi) is 7.31. The molecule has 2 aromatic heterocycles. The van der Waals surface area contributed by atoms with Crippen LogP contribution in [0.2, 0.25) is 0 Å². The van der Waals surface area contributed by atoms with Gasteiger partial charge in [0.1, 0.15) is 6.54 Å². The van der Waals surface area contributed by atoms with Gasteiger partial charge in [-0.05, 0) is 43.7 Å². The van der Waals surface area contributed by atoms with Gasteiger partial charge in [-0.1, -0.05) is 19.0 Å². The summed E-state index contributed by atoms with van der Waals surface area (Å²) in [7, 11) is 0. The van der Waals surface area contributed by atoms with Crippen LogP contribution in [0.4, 0.5) is 0 Å². The second-order valence-electron chi connectivity index (χ2n) is 5.81. The number of nitrogens with one attached hydrogen (secondary N) is 2. The van der Waals surface area contributed by atoms with E-state index in [4.69, 9.17) is 4.52 Å². The molecular weight excluding hydrogens is 320 g/mol. The number of nitrogens with zero attached hydrogens (tertiary/aromatic N) is 2. The number of guanidine groups is 1. The Balaban J connectivity index is 1.96. The van der Waals surface area contributed by atoms with Gasteiger partial charge >= 0.3 is 0 Å². The van der Waals surface area contributed by atoms with E-state index in [1.54, 1.807) is 11.3 Å². The molecule has 0 unspecified atom stereocenters. The lowest BCUT2D eigenvalue weighted by Gasteiger charge is -2.10. The molecule has 0 radical (unpaired) electrons. The number of aliphatic imine (C=N–C) groups is 1. The topological polar surface area (TPSA) is 62.5 Å². The molecule has 2 N–H and O–H groups in total. The van der Waals surface area contributed by atoms with Crippen LogP contribution in [-0.2, 0) is 13.1 Å². The molecule has 0 amide bonds. The highest BCUT2D eigenvalue weighted by atomic mass is 32.1. The lowest BCUT2D eigenvalue weighted by atomic mass is 9.99. The van der Waals surface area contributed by atoms with Crippen LogP contribution >= 0.6 is 11.3 Å². The molecule has 0 spiro atoms. The average molecular weight is 349 g/mol. The number of rotatable bonds is 8. The van der Waals surface area contributed by atoms with Crippen LogP contribution in [0, 0.1) is 6.92 Å². The van der Waals surface area contributed by atoms with Gasteiger partial charge in [-0.2, -0.15) is 0 Å². The monoisotopic (exact) mass is 348 g/mol. The number of hydrogen-bond acceptors (Lipinski definition) is 4. The second kappa shape index (κ2) is 9.47. The standard InChI is InChI=1S/C18H28N4OS/c1-5-14(6-2)16-10-15(23-22-16)11-20-18(19-7-3)21-12-17-13(4)8-9-24-17/h8-10,14H,5-7,11-12H2,1-4H3,(H2,19,20,21). The van der Waals surface area contributed by atoms with E-state index >= 15 is 0 Å². The molecule has 5 nitrogen and oxygen atoms in total. The summed E-state index contributed by atoms with van der Waals surface area (Å²) < 4.78 is 5.44. The van der Waals surface area contributed by atoms with Crippen LogP contribution in [0.3, 0.4) is 0 Å². The molecule has 2 aromatic rings. The largest absolute Gasteiger partial charge is 0.359 e. The predicted molar refractivity (Wildman–Crippen MR) is 101 cm³/mol. The molecule has 0 fully saturated rings. The first kappa shape index (κ1) is 18.5. The zero-order valence-electron chi connectivity index (χ0n) is 15.1. The maximum Gasteiger partial charge on any atom is 0.191 e. The van der Waals surface area contributed by atoms with Crippen molar-refractivity contribution >= 4 is 17.3 Å². The van der Waals surface area contributed by atoms with Gasteiger partial charge in [-0.25, -0.2) is 4.99 Å². The third kappa shape index (κ3) is 5.09. The Hall–Kier alpha value is -1.82. The second-order valence-corrected chi connectivity index (χ2v) is 6.81. The predicted octanol–water partition coefficient (Wildman–Crippen LogP) is 4.20. The van der Waals surface area contributed by atoms with Crippen molar-refractivity contribution in [2.45, 2.75) is 59.5 Å². The van der Waals surface area contributed by atoms with E-state index in [-0.39, 0.29) is 0 Å². The molecule has 2 rings (SSSR count). The fourth-order valence-corrected chi connectivity index (χ4v) is 3.40. The first-order valence-electron chi connectivity index (χ1n) is 8.68. The summed E-state index contributed by atoms with van der Waals surface area (Å²) in [5.41, 5.74) is 2.35. The highest BCUT2D eigenvalue weighted by Crippen LogP contribution is 2.22. The van der Waals surface area contributed by atoms with Gasteiger partial charge in [0.05, 0.1) is 12.2 Å². The zero-order valence-corrected chi connectivity index (χ0v) is 15.9. The van der Waals surface area contributed by atoms with E-state index < -0.39 is 0 Å². The molecule has 0 aliphatic rings. The summed E-state index contributed by atoms with van der Waals surface area (Å²) in [6, 6.07) is 4.17. The highest BCUT2D eigenvalue weighted by Gasteiger charge is 2.12. The van der Waals surface area contributed by atoms with Crippen LogP contribution < -0.4 is 10.6 Å². The molecule has 0 atom stereocenters. The summed E-state index contributed by atoms with van der Waals surface area (Å²) in [6.45, 7) is 10.7. The van der Waals surface area contributed by atoms with Crippen molar-refractivity contribution in [1.82, 2.24) is 15.8 Å². The fraction of sp³-hybridized carbons (Fsp3) is 0.556. The average Bonchev–Trinajstić information content (AvgIpc) is 3.21. The Labute approximate surface area is 148 Å². The lowest BCUT2D eigenvalue weighted by Crippen LogP contribution is -2.36. The minimum Gasteiger partial charge on any atom is -0.359 e. The first-order chi connectivity index (χ1) is 11.7. The molecule has 0 aromatic carbocycles. The number of aryl methyl sites for hydroxylation is 1. The molecule has 0 saturated heterocycles. The fourth-order valence-electron chi connectivity index (χ4n) is 2.55. The van der Waals surface area contributed by atoms with Crippen molar-refractivity contribution in [3.63, 3.8) is 0 Å². The van der Waals surface area contributed by atoms with Crippen molar-refractivity contribution in [1.29, 1.82) is 0 Å². The van der Waals surface area contributed by atoms with Crippen molar-refractivity contribution in [3.05, 3.63) is 39.4 Å². The van der Waals surface area contributed by atoms with Crippen LogP contribution in [0.1, 0.15) is 61.4 Å². The van der Waals surface area contributed by atoms with Gasteiger partial charge in [0.15, 0.2) is 11.7 Å². The minimum atomic E-state index is 0.472. The van der Waals surface area contributed by atoms with Crippen molar-refractivity contribution in [3.8, 4) is 0 Å². The third-order valence-corrected chi connectivity index (χ3v) is 5.13. The molecule has 0 aliphatic heterocycles. The summed E-state index contributed by atoms with van der Waals surface area (Å²) in [5, 5.41) is 13.0. The first-order valence-corrected chi connectivity index (χ1v) is 9.56. The van der Waals surface area contributed by atoms with E-state index in [1.165, 1.54) is 10.4 Å².